The second-order valence-electron chi connectivity index (χ2n) is 6.11. The van der Waals surface area contributed by atoms with Gasteiger partial charge < -0.3 is 4.98 Å². The van der Waals surface area contributed by atoms with E-state index in [-0.39, 0.29) is 5.56 Å². The van der Waals surface area contributed by atoms with E-state index in [1.165, 1.54) is 18.3 Å². The second-order valence-corrected chi connectivity index (χ2v) is 6.11. The highest BCUT2D eigenvalue weighted by atomic mass is 16.2. The fraction of sp³-hybridized carbons (Fsp3) is 0. The number of hydrogen-bond acceptors (Lipinski definition) is 5. The number of nitrogens with zero attached hydrogens (tertiary/aromatic N) is 2. The molecule has 0 saturated heterocycles. The number of fused-ring (bicyclic) bond motifs is 1. The van der Waals surface area contributed by atoms with Crippen LogP contribution < -0.4 is 16.4 Å². The van der Waals surface area contributed by atoms with Crippen molar-refractivity contribution in [1.29, 1.82) is 0 Å². The van der Waals surface area contributed by atoms with Crippen LogP contribution in [-0.4, -0.2) is 26.8 Å². The van der Waals surface area contributed by atoms with E-state index in [2.05, 4.69) is 25.8 Å². The van der Waals surface area contributed by atoms with Crippen LogP contribution in [0.3, 0.4) is 0 Å². The lowest BCUT2D eigenvalue weighted by Gasteiger charge is -2.11. The zero-order chi connectivity index (χ0) is 20.2. The van der Waals surface area contributed by atoms with Crippen molar-refractivity contribution >= 4 is 22.7 Å². The highest BCUT2D eigenvalue weighted by Crippen LogP contribution is 2.23. The summed E-state index contributed by atoms with van der Waals surface area (Å²) in [5, 5.41) is 0.622. The fourth-order valence-electron chi connectivity index (χ4n) is 2.86. The first-order valence-electron chi connectivity index (χ1n) is 8.73. The molecule has 0 aliphatic rings. The number of carbonyl (C=O) groups excluding carboxylic acids is 2. The van der Waals surface area contributed by atoms with Gasteiger partial charge in [-0.05, 0) is 36.4 Å². The predicted octanol–water partition coefficient (Wildman–Crippen LogP) is 2.06. The maximum atomic E-state index is 12.8. The maximum absolute atomic E-state index is 12.8. The zero-order valence-corrected chi connectivity index (χ0v) is 15.0. The van der Waals surface area contributed by atoms with Crippen LogP contribution in [0.5, 0.6) is 0 Å². The first-order chi connectivity index (χ1) is 14.1. The molecule has 29 heavy (non-hydrogen) atoms. The number of carbonyl (C=O) groups is 2. The van der Waals surface area contributed by atoms with Crippen molar-refractivity contribution in [2.45, 2.75) is 0 Å². The molecule has 0 saturated carbocycles. The van der Waals surface area contributed by atoms with E-state index < -0.39 is 17.4 Å². The van der Waals surface area contributed by atoms with Gasteiger partial charge in [0.1, 0.15) is 5.56 Å². The Morgan fingerprint density at radius 3 is 2.34 bits per heavy atom. The van der Waals surface area contributed by atoms with Crippen molar-refractivity contribution in [2.24, 2.45) is 0 Å². The number of benzene rings is 1. The van der Waals surface area contributed by atoms with E-state index in [0.29, 0.717) is 27.9 Å². The number of nitrogens with one attached hydrogen (secondary N) is 3. The minimum atomic E-state index is -0.719. The summed E-state index contributed by atoms with van der Waals surface area (Å²) in [6, 6.07) is 17.1. The Hall–Kier alpha value is -4.33. The number of H-pyrrole nitrogens is 1. The maximum Gasteiger partial charge on any atom is 0.275 e. The third-order valence-electron chi connectivity index (χ3n) is 4.24. The lowest BCUT2D eigenvalue weighted by atomic mass is 10.1. The number of rotatable bonds is 3. The molecule has 0 unspecified atom stereocenters. The standard InChI is InChI=1S/C21H15N5O3/c27-19-14(7-5-11-23-19)20(28)25-26-21(29)15-12-18(17-9-3-4-10-22-17)24-16-8-2-1-6-13(15)16/h1-12H,(H,23,27)(H,25,28)(H,26,29). The summed E-state index contributed by atoms with van der Waals surface area (Å²) in [6.07, 6.45) is 3.06. The zero-order valence-electron chi connectivity index (χ0n) is 15.0. The van der Waals surface area contributed by atoms with Crippen LogP contribution in [0.2, 0.25) is 0 Å². The van der Waals surface area contributed by atoms with E-state index in [9.17, 15) is 14.4 Å². The smallest absolute Gasteiger partial charge is 0.275 e. The number of hydrazine groups is 1. The van der Waals surface area contributed by atoms with Crippen LogP contribution in [-0.2, 0) is 0 Å². The Bertz CT molecular complexity index is 1270. The summed E-state index contributed by atoms with van der Waals surface area (Å²) in [4.78, 5) is 47.9. The van der Waals surface area contributed by atoms with Gasteiger partial charge in [0.15, 0.2) is 0 Å². The van der Waals surface area contributed by atoms with Gasteiger partial charge in [-0.15, -0.1) is 0 Å². The predicted molar refractivity (Wildman–Crippen MR) is 107 cm³/mol. The molecule has 0 spiro atoms. The highest BCUT2D eigenvalue weighted by Gasteiger charge is 2.16. The number of aromatic amines is 1. The molecule has 8 nitrogen and oxygen atoms in total. The Balaban J connectivity index is 1.66. The molecule has 3 heterocycles. The van der Waals surface area contributed by atoms with Crippen LogP contribution in [0.1, 0.15) is 20.7 Å². The third kappa shape index (κ3) is 3.72. The molecular formula is C21H15N5O3. The van der Waals surface area contributed by atoms with Crippen LogP contribution >= 0.6 is 0 Å². The second kappa shape index (κ2) is 7.73. The van der Waals surface area contributed by atoms with Gasteiger partial charge in [0.2, 0.25) is 0 Å². The summed E-state index contributed by atoms with van der Waals surface area (Å²) >= 11 is 0. The van der Waals surface area contributed by atoms with Gasteiger partial charge in [-0.3, -0.25) is 30.2 Å². The number of amides is 2. The number of pyridine rings is 3. The van der Waals surface area contributed by atoms with Gasteiger partial charge in [0.25, 0.3) is 17.4 Å². The molecule has 8 heteroatoms. The van der Waals surface area contributed by atoms with E-state index in [4.69, 9.17) is 0 Å². The fourth-order valence-corrected chi connectivity index (χ4v) is 2.86. The Labute approximate surface area is 164 Å². The van der Waals surface area contributed by atoms with Crippen molar-refractivity contribution in [1.82, 2.24) is 25.8 Å². The molecule has 3 N–H and O–H groups in total. The van der Waals surface area contributed by atoms with Gasteiger partial charge in [0.05, 0.1) is 22.5 Å². The molecule has 142 valence electrons. The minimum absolute atomic E-state index is 0.110. The monoisotopic (exact) mass is 385 g/mol. The quantitative estimate of drug-likeness (QED) is 0.467. The molecule has 0 aliphatic heterocycles. The van der Waals surface area contributed by atoms with Gasteiger partial charge >= 0.3 is 0 Å². The first kappa shape index (κ1) is 18.1. The first-order valence-corrected chi connectivity index (χ1v) is 8.73. The van der Waals surface area contributed by atoms with E-state index in [1.807, 2.05) is 12.1 Å². The average Bonchev–Trinajstić information content (AvgIpc) is 2.77. The molecule has 0 fully saturated rings. The van der Waals surface area contributed by atoms with Crippen LogP contribution in [0.4, 0.5) is 0 Å². The van der Waals surface area contributed by atoms with E-state index >= 15 is 0 Å². The molecule has 0 aliphatic carbocycles. The van der Waals surface area contributed by atoms with Gasteiger partial charge in [-0.2, -0.15) is 0 Å². The number of hydrogen-bond donors (Lipinski definition) is 3. The third-order valence-corrected chi connectivity index (χ3v) is 4.24. The highest BCUT2D eigenvalue weighted by molar-refractivity contribution is 6.08. The normalized spacial score (nSPS) is 10.5. The molecule has 1 aromatic carbocycles. The molecular weight excluding hydrogens is 370 g/mol. The van der Waals surface area contributed by atoms with Gasteiger partial charge in [0, 0.05) is 17.8 Å². The summed E-state index contributed by atoms with van der Waals surface area (Å²) in [6.45, 7) is 0. The van der Waals surface area contributed by atoms with Crippen LogP contribution in [0, 0.1) is 0 Å². The average molecular weight is 385 g/mol. The Morgan fingerprint density at radius 2 is 1.59 bits per heavy atom. The van der Waals surface area contributed by atoms with Gasteiger partial charge in [-0.1, -0.05) is 24.3 Å². The van der Waals surface area contributed by atoms with Crippen molar-refractivity contribution in [3.63, 3.8) is 0 Å². The molecule has 0 atom stereocenters. The van der Waals surface area contributed by atoms with Crippen LogP contribution in [0.25, 0.3) is 22.3 Å². The summed E-state index contributed by atoms with van der Waals surface area (Å²) < 4.78 is 0. The van der Waals surface area contributed by atoms with Crippen molar-refractivity contribution in [3.8, 4) is 11.4 Å². The topological polar surface area (TPSA) is 117 Å². The largest absolute Gasteiger partial charge is 0.328 e. The molecule has 2 amide bonds. The minimum Gasteiger partial charge on any atom is -0.328 e. The molecule has 0 radical (unpaired) electrons. The van der Waals surface area contributed by atoms with Crippen molar-refractivity contribution in [3.05, 3.63) is 94.5 Å². The number of para-hydroxylation sites is 1. The van der Waals surface area contributed by atoms with Gasteiger partial charge in [-0.25, -0.2) is 4.98 Å². The summed E-state index contributed by atoms with van der Waals surface area (Å²) in [5.74, 6) is -1.26. The van der Waals surface area contributed by atoms with Crippen LogP contribution in [0.15, 0.2) is 77.9 Å². The van der Waals surface area contributed by atoms with E-state index in [1.54, 1.807) is 42.6 Å². The van der Waals surface area contributed by atoms with E-state index in [0.717, 1.165) is 0 Å². The van der Waals surface area contributed by atoms with Crippen molar-refractivity contribution < 1.29 is 9.59 Å². The van der Waals surface area contributed by atoms with Crippen molar-refractivity contribution in [2.75, 3.05) is 0 Å². The Kier molecular flexibility index (Phi) is 4.81. The Morgan fingerprint density at radius 1 is 0.828 bits per heavy atom. The SMILES string of the molecule is O=C(NNC(=O)c1cc(-c2ccccn2)nc2ccccc12)c1ccc[nH]c1=O. The molecule has 3 aromatic heterocycles. The summed E-state index contributed by atoms with van der Waals surface area (Å²) in [7, 11) is 0. The molecule has 4 rings (SSSR count). The lowest BCUT2D eigenvalue weighted by molar-refractivity contribution is 0.0846. The molecule has 4 aromatic rings. The summed E-state index contributed by atoms with van der Waals surface area (Å²) in [5.41, 5.74) is 6.04. The molecule has 0 bridgehead atoms. The lowest BCUT2D eigenvalue weighted by Crippen LogP contribution is -2.43. The number of aromatic nitrogens is 3.